The molecule has 0 aliphatic carbocycles. The van der Waals surface area contributed by atoms with E-state index in [1.165, 1.54) is 6.21 Å². The van der Waals surface area contributed by atoms with Crippen molar-refractivity contribution in [2.45, 2.75) is 13.8 Å². The molecule has 0 aliphatic rings. The summed E-state index contributed by atoms with van der Waals surface area (Å²) in [6.45, 7) is 2.87. The highest BCUT2D eigenvalue weighted by Crippen LogP contribution is 2.27. The van der Waals surface area contributed by atoms with Crippen LogP contribution in [0.5, 0.6) is 5.75 Å². The van der Waals surface area contributed by atoms with Gasteiger partial charge in [0.05, 0.1) is 24.0 Å². The van der Waals surface area contributed by atoms with Crippen LogP contribution in [0, 0.1) is 13.8 Å². The van der Waals surface area contributed by atoms with Gasteiger partial charge >= 0.3 is 5.97 Å². The summed E-state index contributed by atoms with van der Waals surface area (Å²) in [4.78, 5) is 28.4. The SMILES string of the molecule is COc1ccc(/C=N\OCC(=O)OCC(=O)Nc2c(C)cc(C)cc2Cl)cc1. The van der Waals surface area contributed by atoms with Crippen molar-refractivity contribution in [3.63, 3.8) is 0 Å². The zero-order valence-corrected chi connectivity index (χ0v) is 16.6. The first kappa shape index (κ1) is 21.2. The number of nitrogens with zero attached hydrogens (tertiary/aromatic N) is 1. The lowest BCUT2D eigenvalue weighted by Crippen LogP contribution is -2.23. The van der Waals surface area contributed by atoms with Crippen molar-refractivity contribution in [1.29, 1.82) is 0 Å². The van der Waals surface area contributed by atoms with Gasteiger partial charge in [0.25, 0.3) is 5.91 Å². The molecule has 28 heavy (non-hydrogen) atoms. The van der Waals surface area contributed by atoms with E-state index in [2.05, 4.69) is 10.5 Å². The minimum absolute atomic E-state index is 0.412. The van der Waals surface area contributed by atoms with E-state index in [4.69, 9.17) is 25.9 Å². The number of esters is 1. The molecule has 2 aromatic rings. The fraction of sp³-hybridized carbons (Fsp3) is 0.250. The molecule has 0 heterocycles. The molecule has 0 saturated carbocycles. The maximum absolute atomic E-state index is 11.9. The number of methoxy groups -OCH3 is 1. The molecule has 2 rings (SSSR count). The van der Waals surface area contributed by atoms with Crippen molar-refractivity contribution in [2.75, 3.05) is 25.6 Å². The summed E-state index contributed by atoms with van der Waals surface area (Å²) in [6, 6.07) is 10.7. The van der Waals surface area contributed by atoms with Crippen molar-refractivity contribution in [1.82, 2.24) is 0 Å². The van der Waals surface area contributed by atoms with Gasteiger partial charge in [0.2, 0.25) is 6.61 Å². The Morgan fingerprint density at radius 3 is 2.50 bits per heavy atom. The minimum atomic E-state index is -0.714. The zero-order chi connectivity index (χ0) is 20.5. The Morgan fingerprint density at radius 1 is 1.14 bits per heavy atom. The number of rotatable bonds is 8. The summed E-state index contributed by atoms with van der Waals surface area (Å²) in [7, 11) is 1.58. The summed E-state index contributed by atoms with van der Waals surface area (Å²) in [5.74, 6) is -0.486. The Balaban J connectivity index is 1.73. The van der Waals surface area contributed by atoms with Gasteiger partial charge in [0, 0.05) is 0 Å². The number of amides is 1. The van der Waals surface area contributed by atoms with Crippen molar-refractivity contribution in [3.8, 4) is 5.75 Å². The topological polar surface area (TPSA) is 86.2 Å². The number of anilines is 1. The summed E-state index contributed by atoms with van der Waals surface area (Å²) in [6.07, 6.45) is 1.45. The molecular weight excluding hydrogens is 384 g/mol. The van der Waals surface area contributed by atoms with Gasteiger partial charge in [0.15, 0.2) is 6.61 Å². The van der Waals surface area contributed by atoms with Crippen LogP contribution in [0.2, 0.25) is 5.02 Å². The lowest BCUT2D eigenvalue weighted by atomic mass is 10.1. The Bertz CT molecular complexity index is 842. The van der Waals surface area contributed by atoms with Crippen LogP contribution < -0.4 is 10.1 Å². The number of benzene rings is 2. The molecule has 0 saturated heterocycles. The van der Waals surface area contributed by atoms with E-state index in [0.717, 1.165) is 22.4 Å². The molecule has 2 aromatic carbocycles. The van der Waals surface area contributed by atoms with E-state index in [1.54, 1.807) is 37.4 Å². The van der Waals surface area contributed by atoms with E-state index >= 15 is 0 Å². The molecule has 0 fully saturated rings. The maximum Gasteiger partial charge on any atom is 0.347 e. The lowest BCUT2D eigenvalue weighted by molar-refractivity contribution is -0.151. The highest BCUT2D eigenvalue weighted by Gasteiger charge is 2.12. The second-order valence-electron chi connectivity index (χ2n) is 5.93. The van der Waals surface area contributed by atoms with Crippen molar-refractivity contribution in [2.24, 2.45) is 5.16 Å². The molecule has 0 spiro atoms. The van der Waals surface area contributed by atoms with Crippen LogP contribution in [0.25, 0.3) is 0 Å². The normalized spacial score (nSPS) is 10.6. The van der Waals surface area contributed by atoms with Crippen LogP contribution in [0.4, 0.5) is 5.69 Å². The van der Waals surface area contributed by atoms with Gasteiger partial charge in [-0.3, -0.25) is 4.79 Å². The van der Waals surface area contributed by atoms with E-state index in [0.29, 0.717) is 10.7 Å². The molecule has 1 N–H and O–H groups in total. The van der Waals surface area contributed by atoms with Crippen LogP contribution in [0.15, 0.2) is 41.6 Å². The second-order valence-corrected chi connectivity index (χ2v) is 6.34. The molecule has 0 atom stereocenters. The second kappa shape index (κ2) is 10.3. The van der Waals surface area contributed by atoms with Crippen LogP contribution in [-0.4, -0.2) is 38.4 Å². The summed E-state index contributed by atoms with van der Waals surface area (Å²) >= 11 is 6.13. The van der Waals surface area contributed by atoms with Gasteiger partial charge < -0.3 is 19.6 Å². The quantitative estimate of drug-likeness (QED) is 0.413. The van der Waals surface area contributed by atoms with Crippen LogP contribution in [0.1, 0.15) is 16.7 Å². The molecule has 0 bridgehead atoms. The largest absolute Gasteiger partial charge is 0.497 e. The average Bonchev–Trinajstić information content (AvgIpc) is 2.67. The van der Waals surface area contributed by atoms with E-state index in [1.807, 2.05) is 19.9 Å². The van der Waals surface area contributed by atoms with Crippen LogP contribution >= 0.6 is 11.6 Å². The van der Waals surface area contributed by atoms with Crippen LogP contribution in [-0.2, 0) is 19.2 Å². The van der Waals surface area contributed by atoms with E-state index in [9.17, 15) is 9.59 Å². The van der Waals surface area contributed by atoms with Crippen molar-refractivity contribution >= 4 is 35.4 Å². The molecule has 148 valence electrons. The van der Waals surface area contributed by atoms with Crippen LogP contribution in [0.3, 0.4) is 0 Å². The summed E-state index contributed by atoms with van der Waals surface area (Å²) < 4.78 is 9.90. The third kappa shape index (κ3) is 6.59. The van der Waals surface area contributed by atoms with Gasteiger partial charge in [-0.2, -0.15) is 0 Å². The highest BCUT2D eigenvalue weighted by atomic mass is 35.5. The standard InChI is InChI=1S/C20H21ClN2O5/c1-13-8-14(2)20(17(21)9-13)23-18(24)11-27-19(25)12-28-22-10-15-4-6-16(26-3)7-5-15/h4-10H,11-12H2,1-3H3,(H,23,24)/b22-10-. The number of ether oxygens (including phenoxy) is 2. The number of hydrogen-bond acceptors (Lipinski definition) is 6. The number of halogens is 1. The number of hydrogen-bond donors (Lipinski definition) is 1. The first-order chi connectivity index (χ1) is 13.4. The molecular formula is C20H21ClN2O5. The first-order valence-electron chi connectivity index (χ1n) is 8.40. The smallest absolute Gasteiger partial charge is 0.347 e. The molecule has 7 nitrogen and oxygen atoms in total. The first-order valence-corrected chi connectivity index (χ1v) is 8.78. The fourth-order valence-electron chi connectivity index (χ4n) is 2.32. The number of aryl methyl sites for hydroxylation is 2. The molecule has 0 radical (unpaired) electrons. The number of oxime groups is 1. The van der Waals surface area contributed by atoms with Gasteiger partial charge in [-0.05, 0) is 60.9 Å². The number of carbonyl (C=O) groups excluding carboxylic acids is 2. The number of nitrogens with one attached hydrogen (secondary N) is 1. The molecule has 0 aromatic heterocycles. The van der Waals surface area contributed by atoms with Gasteiger partial charge in [-0.25, -0.2) is 4.79 Å². The molecule has 1 amide bonds. The third-order valence-electron chi connectivity index (χ3n) is 3.63. The summed E-state index contributed by atoms with van der Waals surface area (Å²) in [5.41, 5.74) is 3.08. The minimum Gasteiger partial charge on any atom is -0.497 e. The Morgan fingerprint density at radius 2 is 1.86 bits per heavy atom. The predicted molar refractivity (Wildman–Crippen MR) is 107 cm³/mol. The number of carbonyl (C=O) groups is 2. The predicted octanol–water partition coefficient (Wildman–Crippen LogP) is 3.50. The molecule has 0 unspecified atom stereocenters. The van der Waals surface area contributed by atoms with Gasteiger partial charge in [0.1, 0.15) is 5.75 Å². The highest BCUT2D eigenvalue weighted by molar-refractivity contribution is 6.34. The van der Waals surface area contributed by atoms with Crippen molar-refractivity contribution in [3.05, 3.63) is 58.1 Å². The maximum atomic E-state index is 11.9. The Kier molecular flexibility index (Phi) is 7.83. The summed E-state index contributed by atoms with van der Waals surface area (Å²) in [5, 5.41) is 6.73. The van der Waals surface area contributed by atoms with Gasteiger partial charge in [-0.15, -0.1) is 0 Å². The Labute approximate surface area is 168 Å². The monoisotopic (exact) mass is 404 g/mol. The zero-order valence-electron chi connectivity index (χ0n) is 15.8. The van der Waals surface area contributed by atoms with Gasteiger partial charge in [-0.1, -0.05) is 22.8 Å². The Hall–Kier alpha value is -3.06. The molecule has 8 heteroatoms. The third-order valence-corrected chi connectivity index (χ3v) is 3.93. The van der Waals surface area contributed by atoms with E-state index in [-0.39, 0.29) is 0 Å². The van der Waals surface area contributed by atoms with Crippen molar-refractivity contribution < 1.29 is 23.9 Å². The molecule has 0 aliphatic heterocycles. The average molecular weight is 405 g/mol. The lowest BCUT2D eigenvalue weighted by Gasteiger charge is -2.11. The van der Waals surface area contributed by atoms with E-state index < -0.39 is 25.1 Å². The fourth-order valence-corrected chi connectivity index (χ4v) is 2.68.